The van der Waals surface area contributed by atoms with Crippen molar-refractivity contribution in [1.82, 2.24) is 0 Å². The van der Waals surface area contributed by atoms with Crippen molar-refractivity contribution in [3.05, 3.63) is 34.9 Å². The van der Waals surface area contributed by atoms with E-state index in [1.165, 1.54) is 6.92 Å². The van der Waals surface area contributed by atoms with E-state index in [0.717, 1.165) is 0 Å². The number of hydrogen-bond donors (Lipinski definition) is 0. The Balaban J connectivity index is 2.52. The third-order valence-corrected chi connectivity index (χ3v) is 6.04. The van der Waals surface area contributed by atoms with Crippen LogP contribution < -0.4 is 0 Å². The molecule has 2 rings (SSSR count). The van der Waals surface area contributed by atoms with E-state index in [2.05, 4.69) is 0 Å². The molecule has 0 heterocycles. The Bertz CT molecular complexity index is 665. The number of sulfone groups is 1. The average molecular weight is 298 g/mol. The first-order valence-electron chi connectivity index (χ1n) is 5.77. The second-order valence-corrected chi connectivity index (χ2v) is 7.41. The van der Waals surface area contributed by atoms with E-state index in [-0.39, 0.29) is 5.75 Å². The maximum atomic E-state index is 12.0. The van der Waals surface area contributed by atoms with Gasteiger partial charge in [-0.1, -0.05) is 30.7 Å². The molecule has 100 valence electrons. The molecule has 1 fully saturated rings. The lowest BCUT2D eigenvalue weighted by atomic mass is 10.0. The zero-order valence-electron chi connectivity index (χ0n) is 10.2. The second kappa shape index (κ2) is 4.62. The van der Waals surface area contributed by atoms with Gasteiger partial charge in [-0.2, -0.15) is 5.26 Å². The van der Waals surface area contributed by atoms with Crippen LogP contribution in [0.5, 0.6) is 0 Å². The first-order chi connectivity index (χ1) is 8.93. The Morgan fingerprint density at radius 3 is 2.68 bits per heavy atom. The highest BCUT2D eigenvalue weighted by atomic mass is 35.5. The third-order valence-electron chi connectivity index (χ3n) is 3.56. The van der Waals surface area contributed by atoms with E-state index >= 15 is 0 Å². The molecule has 0 bridgehead atoms. The number of carbonyl (C=O) groups excluding carboxylic acids is 1. The van der Waals surface area contributed by atoms with E-state index in [4.69, 9.17) is 11.6 Å². The molecule has 0 aromatic heterocycles. The van der Waals surface area contributed by atoms with E-state index in [1.54, 1.807) is 24.3 Å². The maximum absolute atomic E-state index is 12.0. The van der Waals surface area contributed by atoms with Crippen LogP contribution >= 0.6 is 11.6 Å². The average Bonchev–Trinajstić information content (AvgIpc) is 3.09. The lowest BCUT2D eigenvalue weighted by Gasteiger charge is -2.00. The molecule has 1 aliphatic rings. The zero-order valence-corrected chi connectivity index (χ0v) is 11.8. The number of rotatable bonds is 4. The summed E-state index contributed by atoms with van der Waals surface area (Å²) in [7, 11) is -3.46. The van der Waals surface area contributed by atoms with Crippen molar-refractivity contribution in [2.24, 2.45) is 5.41 Å². The molecule has 0 N–H and O–H groups in total. The van der Waals surface area contributed by atoms with Gasteiger partial charge in [-0.05, 0) is 17.7 Å². The highest BCUT2D eigenvalue weighted by Crippen LogP contribution is 2.61. The van der Waals surface area contributed by atoms with Gasteiger partial charge in [0, 0.05) is 16.7 Å². The molecule has 1 aromatic carbocycles. The van der Waals surface area contributed by atoms with Crippen molar-refractivity contribution in [3.63, 3.8) is 0 Å². The number of nitriles is 1. The third kappa shape index (κ3) is 2.05. The minimum Gasteiger partial charge on any atom is -0.302 e. The molecule has 1 aromatic rings. The Labute approximate surface area is 116 Å². The number of aldehydes is 1. The first kappa shape index (κ1) is 14.0. The minimum atomic E-state index is -3.46. The van der Waals surface area contributed by atoms with Crippen molar-refractivity contribution in [2.45, 2.75) is 18.1 Å². The summed E-state index contributed by atoms with van der Waals surface area (Å²) >= 11 is 5.87. The van der Waals surface area contributed by atoms with Gasteiger partial charge in [-0.15, -0.1) is 0 Å². The lowest BCUT2D eigenvalue weighted by molar-refractivity contribution is -0.110. The number of carbonyl (C=O) groups is 1. The normalized spacial score (nSPS) is 29.5. The molecule has 4 nitrogen and oxygen atoms in total. The summed E-state index contributed by atoms with van der Waals surface area (Å²) in [6.07, 6.45) is 0.455. The predicted molar refractivity (Wildman–Crippen MR) is 71.6 cm³/mol. The van der Waals surface area contributed by atoms with Crippen LogP contribution in [0.3, 0.4) is 0 Å². The highest BCUT2D eigenvalue weighted by Gasteiger charge is 2.72. The van der Waals surface area contributed by atoms with Gasteiger partial charge in [0.1, 0.15) is 11.7 Å². The van der Waals surface area contributed by atoms with Gasteiger partial charge in [0.25, 0.3) is 0 Å². The number of hydrogen-bond acceptors (Lipinski definition) is 4. The van der Waals surface area contributed by atoms with Crippen molar-refractivity contribution < 1.29 is 13.2 Å². The summed E-state index contributed by atoms with van der Waals surface area (Å²) in [5.41, 5.74) is -0.859. The SMILES string of the molecule is CCS(=O)(=O)[C@H]1[C@H](c2cccc(Cl)c2)[C@@]1(C#N)C=O. The fourth-order valence-electron chi connectivity index (χ4n) is 2.51. The standard InChI is InChI=1S/C13H12ClNO3S/c1-2-19(17,18)12-11(13(12,7-15)8-16)9-4-3-5-10(14)6-9/h3-6,8,11-12H,2H2,1H3/t11-,12-,13+/m0/s1. The largest absolute Gasteiger partial charge is 0.302 e. The molecule has 3 atom stereocenters. The van der Waals surface area contributed by atoms with Gasteiger partial charge in [-0.25, -0.2) is 8.42 Å². The minimum absolute atomic E-state index is 0.0913. The van der Waals surface area contributed by atoms with Crippen LogP contribution in [0.15, 0.2) is 24.3 Å². The monoisotopic (exact) mass is 297 g/mol. The molecule has 6 heteroatoms. The summed E-state index contributed by atoms with van der Waals surface area (Å²) in [5.74, 6) is -0.718. The van der Waals surface area contributed by atoms with Crippen LogP contribution in [0.2, 0.25) is 5.02 Å². The maximum Gasteiger partial charge on any atom is 0.155 e. The summed E-state index contributed by atoms with van der Waals surface area (Å²) < 4.78 is 24.0. The number of benzene rings is 1. The lowest BCUT2D eigenvalue weighted by Crippen LogP contribution is -2.17. The van der Waals surface area contributed by atoms with Crippen molar-refractivity contribution in [2.75, 3.05) is 5.75 Å². The van der Waals surface area contributed by atoms with Crippen LogP contribution in [-0.4, -0.2) is 25.7 Å². The van der Waals surface area contributed by atoms with E-state index in [0.29, 0.717) is 16.9 Å². The van der Waals surface area contributed by atoms with Crippen molar-refractivity contribution >= 4 is 27.7 Å². The smallest absolute Gasteiger partial charge is 0.155 e. The molecular formula is C13H12ClNO3S. The fraction of sp³-hybridized carbons (Fsp3) is 0.385. The topological polar surface area (TPSA) is 75.0 Å². The fourth-order valence-corrected chi connectivity index (χ4v) is 4.63. The highest BCUT2D eigenvalue weighted by molar-refractivity contribution is 7.92. The van der Waals surface area contributed by atoms with Crippen LogP contribution in [0.4, 0.5) is 0 Å². The van der Waals surface area contributed by atoms with E-state index in [1.807, 2.05) is 6.07 Å². The molecule has 0 unspecified atom stereocenters. The summed E-state index contributed by atoms with van der Waals surface area (Å²) in [4.78, 5) is 11.2. The molecule has 1 saturated carbocycles. The molecular weight excluding hydrogens is 286 g/mol. The second-order valence-electron chi connectivity index (χ2n) is 4.57. The molecule has 1 aliphatic carbocycles. The Morgan fingerprint density at radius 1 is 1.53 bits per heavy atom. The van der Waals surface area contributed by atoms with Gasteiger partial charge in [-0.3, -0.25) is 0 Å². The van der Waals surface area contributed by atoms with Crippen LogP contribution in [0, 0.1) is 16.7 Å². The Morgan fingerprint density at radius 2 is 2.21 bits per heavy atom. The number of halogens is 1. The Kier molecular flexibility index (Phi) is 3.41. The van der Waals surface area contributed by atoms with Crippen LogP contribution in [0.25, 0.3) is 0 Å². The predicted octanol–water partition coefficient (Wildman–Crippen LogP) is 1.95. The quantitative estimate of drug-likeness (QED) is 0.796. The van der Waals surface area contributed by atoms with Gasteiger partial charge in [0.15, 0.2) is 9.84 Å². The zero-order chi connectivity index (χ0) is 14.3. The summed E-state index contributed by atoms with van der Waals surface area (Å²) in [6.45, 7) is 1.51. The number of nitrogens with zero attached hydrogens (tertiary/aromatic N) is 1. The summed E-state index contributed by atoms with van der Waals surface area (Å²) in [6, 6.07) is 8.50. The van der Waals surface area contributed by atoms with E-state index in [9.17, 15) is 18.5 Å². The molecule has 0 radical (unpaired) electrons. The Hall–Kier alpha value is -1.38. The molecule has 0 aliphatic heterocycles. The van der Waals surface area contributed by atoms with Gasteiger partial charge in [0.05, 0.1) is 11.3 Å². The summed E-state index contributed by atoms with van der Waals surface area (Å²) in [5, 5.41) is 8.69. The molecule has 0 amide bonds. The first-order valence-corrected chi connectivity index (χ1v) is 7.87. The molecule has 0 saturated heterocycles. The van der Waals surface area contributed by atoms with Gasteiger partial charge in [0.2, 0.25) is 0 Å². The molecule has 0 spiro atoms. The van der Waals surface area contributed by atoms with Gasteiger partial charge < -0.3 is 4.79 Å². The van der Waals surface area contributed by atoms with Gasteiger partial charge >= 0.3 is 0 Å². The van der Waals surface area contributed by atoms with Crippen LogP contribution in [-0.2, 0) is 14.6 Å². The van der Waals surface area contributed by atoms with E-state index < -0.39 is 26.4 Å². The molecule has 19 heavy (non-hydrogen) atoms. The van der Waals surface area contributed by atoms with Crippen molar-refractivity contribution in [3.8, 4) is 6.07 Å². The van der Waals surface area contributed by atoms with Crippen molar-refractivity contribution in [1.29, 1.82) is 5.26 Å². The van der Waals surface area contributed by atoms with Crippen LogP contribution in [0.1, 0.15) is 18.4 Å².